The highest BCUT2D eigenvalue weighted by Crippen LogP contribution is 2.27. The fraction of sp³-hybridized carbons (Fsp3) is 0.889. The molecule has 1 unspecified atom stereocenters. The van der Waals surface area contributed by atoms with Crippen molar-refractivity contribution < 1.29 is 14.6 Å². The molecule has 0 amide bonds. The third-order valence-electron chi connectivity index (χ3n) is 2.38. The van der Waals surface area contributed by atoms with Gasteiger partial charge in [-0.05, 0) is 12.8 Å². The molecule has 0 aromatic heterocycles. The summed E-state index contributed by atoms with van der Waals surface area (Å²) in [7, 11) is 0. The molecule has 1 N–H and O–H groups in total. The molecular formula is C9H16O3. The van der Waals surface area contributed by atoms with Gasteiger partial charge in [-0.15, -0.1) is 0 Å². The van der Waals surface area contributed by atoms with Crippen LogP contribution in [0, 0.1) is 5.41 Å². The first-order valence-electron chi connectivity index (χ1n) is 4.34. The first kappa shape index (κ1) is 9.68. The Hall–Kier alpha value is -0.410. The topological polar surface area (TPSA) is 46.5 Å². The van der Waals surface area contributed by atoms with Gasteiger partial charge >= 0.3 is 0 Å². The van der Waals surface area contributed by atoms with Crippen molar-refractivity contribution in [1.29, 1.82) is 0 Å². The van der Waals surface area contributed by atoms with Gasteiger partial charge in [0.15, 0.2) is 0 Å². The largest absolute Gasteiger partial charge is 0.389 e. The molecule has 1 fully saturated rings. The maximum absolute atomic E-state index is 10.6. The van der Waals surface area contributed by atoms with Crippen LogP contribution >= 0.6 is 0 Å². The van der Waals surface area contributed by atoms with Crippen LogP contribution in [0.15, 0.2) is 0 Å². The van der Waals surface area contributed by atoms with Crippen LogP contribution in [-0.2, 0) is 9.53 Å². The SMILES string of the molecule is CC(C)(C=O)C(O)[C@@H]1CCCO1. The number of carbonyl (C=O) groups excluding carboxylic acids is 1. The van der Waals surface area contributed by atoms with E-state index in [9.17, 15) is 9.90 Å². The number of hydrogen-bond acceptors (Lipinski definition) is 3. The van der Waals surface area contributed by atoms with E-state index in [1.807, 2.05) is 0 Å². The van der Waals surface area contributed by atoms with Crippen LogP contribution in [0.4, 0.5) is 0 Å². The third-order valence-corrected chi connectivity index (χ3v) is 2.38. The van der Waals surface area contributed by atoms with E-state index in [2.05, 4.69) is 0 Å². The fourth-order valence-corrected chi connectivity index (χ4v) is 1.40. The minimum atomic E-state index is -0.686. The van der Waals surface area contributed by atoms with Gasteiger partial charge in [-0.25, -0.2) is 0 Å². The Morgan fingerprint density at radius 2 is 2.33 bits per heavy atom. The van der Waals surface area contributed by atoms with E-state index >= 15 is 0 Å². The zero-order valence-corrected chi connectivity index (χ0v) is 7.62. The lowest BCUT2D eigenvalue weighted by Gasteiger charge is -2.28. The van der Waals surface area contributed by atoms with Crippen molar-refractivity contribution in [2.45, 2.75) is 38.9 Å². The summed E-state index contributed by atoms with van der Waals surface area (Å²) >= 11 is 0. The molecule has 0 aromatic carbocycles. The van der Waals surface area contributed by atoms with E-state index in [4.69, 9.17) is 4.74 Å². The van der Waals surface area contributed by atoms with Gasteiger partial charge in [0.1, 0.15) is 6.29 Å². The zero-order chi connectivity index (χ0) is 9.19. The molecule has 1 saturated heterocycles. The van der Waals surface area contributed by atoms with E-state index in [1.54, 1.807) is 13.8 Å². The van der Waals surface area contributed by atoms with Crippen molar-refractivity contribution in [3.63, 3.8) is 0 Å². The van der Waals surface area contributed by atoms with Gasteiger partial charge in [0.05, 0.1) is 12.2 Å². The molecule has 0 spiro atoms. The number of aliphatic hydroxyl groups is 1. The van der Waals surface area contributed by atoms with E-state index in [1.165, 1.54) is 0 Å². The van der Waals surface area contributed by atoms with Gasteiger partial charge in [0, 0.05) is 12.0 Å². The normalized spacial score (nSPS) is 27.1. The summed E-state index contributed by atoms with van der Waals surface area (Å²) in [5.41, 5.74) is -0.686. The Morgan fingerprint density at radius 3 is 2.75 bits per heavy atom. The number of carbonyl (C=O) groups is 1. The highest BCUT2D eigenvalue weighted by atomic mass is 16.5. The summed E-state index contributed by atoms with van der Waals surface area (Å²) in [6, 6.07) is 0. The molecule has 1 heterocycles. The maximum Gasteiger partial charge on any atom is 0.128 e. The van der Waals surface area contributed by atoms with E-state index < -0.39 is 11.5 Å². The molecule has 2 atom stereocenters. The van der Waals surface area contributed by atoms with E-state index in [0.717, 1.165) is 19.1 Å². The zero-order valence-electron chi connectivity index (χ0n) is 7.62. The highest BCUT2D eigenvalue weighted by Gasteiger charge is 2.36. The molecule has 1 rings (SSSR count). The van der Waals surface area contributed by atoms with Gasteiger partial charge < -0.3 is 14.6 Å². The van der Waals surface area contributed by atoms with Crippen molar-refractivity contribution >= 4 is 6.29 Å². The number of ether oxygens (including phenoxy) is 1. The molecule has 3 heteroatoms. The Kier molecular flexibility index (Phi) is 2.85. The summed E-state index contributed by atoms with van der Waals surface area (Å²) in [6.07, 6.45) is 1.82. The molecule has 70 valence electrons. The molecular weight excluding hydrogens is 156 g/mol. The molecule has 0 radical (unpaired) electrons. The molecule has 3 nitrogen and oxygen atoms in total. The molecule has 0 aliphatic carbocycles. The quantitative estimate of drug-likeness (QED) is 0.639. The van der Waals surface area contributed by atoms with Gasteiger partial charge in [-0.3, -0.25) is 0 Å². The van der Waals surface area contributed by atoms with Crippen LogP contribution in [0.3, 0.4) is 0 Å². The van der Waals surface area contributed by atoms with Crippen LogP contribution in [0.2, 0.25) is 0 Å². The first-order valence-corrected chi connectivity index (χ1v) is 4.34. The van der Waals surface area contributed by atoms with Crippen molar-refractivity contribution in [2.75, 3.05) is 6.61 Å². The van der Waals surface area contributed by atoms with Gasteiger partial charge in [-0.1, -0.05) is 13.8 Å². The van der Waals surface area contributed by atoms with Crippen LogP contribution in [-0.4, -0.2) is 30.2 Å². The summed E-state index contributed by atoms with van der Waals surface area (Å²) in [5.74, 6) is 0. The number of aliphatic hydroxyl groups excluding tert-OH is 1. The number of hydrogen-bond donors (Lipinski definition) is 1. The van der Waals surface area contributed by atoms with Crippen LogP contribution in [0.25, 0.3) is 0 Å². The smallest absolute Gasteiger partial charge is 0.128 e. The van der Waals surface area contributed by atoms with Crippen LogP contribution in [0.5, 0.6) is 0 Å². The van der Waals surface area contributed by atoms with Crippen molar-refractivity contribution in [3.8, 4) is 0 Å². The van der Waals surface area contributed by atoms with Gasteiger partial charge in [-0.2, -0.15) is 0 Å². The second-order valence-electron chi connectivity index (χ2n) is 3.94. The van der Waals surface area contributed by atoms with Crippen molar-refractivity contribution in [2.24, 2.45) is 5.41 Å². The average Bonchev–Trinajstić information content (AvgIpc) is 2.55. The second kappa shape index (κ2) is 3.54. The minimum absolute atomic E-state index is 0.148. The standard InChI is InChI=1S/C9H16O3/c1-9(2,6-10)8(11)7-4-3-5-12-7/h6-8,11H,3-5H2,1-2H3/t7-,8?/m0/s1. The molecule has 1 aliphatic rings. The number of aldehydes is 1. The lowest BCUT2D eigenvalue weighted by Crippen LogP contribution is -2.40. The Balaban J connectivity index is 2.55. The Labute approximate surface area is 72.7 Å². The predicted molar refractivity (Wildman–Crippen MR) is 44.8 cm³/mol. The Bertz CT molecular complexity index is 159. The predicted octanol–water partition coefficient (Wildman–Crippen LogP) is 0.751. The molecule has 0 aromatic rings. The van der Waals surface area contributed by atoms with Gasteiger partial charge in [0.25, 0.3) is 0 Å². The Morgan fingerprint density at radius 1 is 1.67 bits per heavy atom. The lowest BCUT2D eigenvalue weighted by molar-refractivity contribution is -0.126. The highest BCUT2D eigenvalue weighted by molar-refractivity contribution is 5.59. The van der Waals surface area contributed by atoms with Crippen LogP contribution < -0.4 is 0 Å². The average molecular weight is 172 g/mol. The monoisotopic (exact) mass is 172 g/mol. The fourth-order valence-electron chi connectivity index (χ4n) is 1.40. The number of rotatable bonds is 3. The van der Waals surface area contributed by atoms with E-state index in [0.29, 0.717) is 6.61 Å². The third kappa shape index (κ3) is 1.84. The molecule has 1 aliphatic heterocycles. The van der Waals surface area contributed by atoms with Crippen molar-refractivity contribution in [3.05, 3.63) is 0 Å². The minimum Gasteiger partial charge on any atom is -0.389 e. The van der Waals surface area contributed by atoms with Crippen molar-refractivity contribution in [1.82, 2.24) is 0 Å². The summed E-state index contributed by atoms with van der Waals surface area (Å²) in [6.45, 7) is 4.16. The first-order chi connectivity index (χ1) is 5.58. The summed E-state index contributed by atoms with van der Waals surface area (Å²) in [5, 5.41) is 9.72. The maximum atomic E-state index is 10.6. The molecule has 0 bridgehead atoms. The summed E-state index contributed by atoms with van der Waals surface area (Å²) < 4.78 is 5.29. The van der Waals surface area contributed by atoms with Crippen LogP contribution in [0.1, 0.15) is 26.7 Å². The molecule has 0 saturated carbocycles. The summed E-state index contributed by atoms with van der Waals surface area (Å²) in [4.78, 5) is 10.6. The van der Waals surface area contributed by atoms with E-state index in [-0.39, 0.29) is 6.10 Å². The lowest BCUT2D eigenvalue weighted by atomic mass is 9.84. The van der Waals surface area contributed by atoms with Gasteiger partial charge in [0.2, 0.25) is 0 Å². The second-order valence-corrected chi connectivity index (χ2v) is 3.94. The molecule has 12 heavy (non-hydrogen) atoms.